The Hall–Kier alpha value is -1.16. The predicted octanol–water partition coefficient (Wildman–Crippen LogP) is 3.39. The van der Waals surface area contributed by atoms with Crippen LogP contribution in [0.2, 0.25) is 0 Å². The number of piperidine rings is 1. The zero-order valence-corrected chi connectivity index (χ0v) is 12.9. The molecule has 0 bridgehead atoms. The number of carbonyl (C=O) groups is 2. The van der Waals surface area contributed by atoms with E-state index in [2.05, 4.69) is 21.2 Å². The molecule has 1 aliphatic carbocycles. The van der Waals surface area contributed by atoms with E-state index in [0.29, 0.717) is 12.3 Å². The Kier molecular flexibility index (Phi) is 3.92. The van der Waals surface area contributed by atoms with E-state index < -0.39 is 0 Å². The largest absolute Gasteiger partial charge is 0.296 e. The van der Waals surface area contributed by atoms with Crippen LogP contribution in [0, 0.1) is 11.8 Å². The maximum absolute atomic E-state index is 12.4. The third-order valence-electron chi connectivity index (χ3n) is 4.64. The first-order chi connectivity index (χ1) is 9.66. The van der Waals surface area contributed by atoms with Gasteiger partial charge < -0.3 is 0 Å². The van der Waals surface area contributed by atoms with Gasteiger partial charge in [-0.25, -0.2) is 0 Å². The second-order valence-electron chi connectivity index (χ2n) is 5.82. The van der Waals surface area contributed by atoms with Gasteiger partial charge in [0.25, 0.3) is 0 Å². The third-order valence-corrected chi connectivity index (χ3v) is 5.36. The lowest BCUT2D eigenvalue weighted by atomic mass is 9.73. The maximum Gasteiger partial charge on any atom is 0.234 e. The van der Waals surface area contributed by atoms with Crippen LogP contribution in [0.4, 0.5) is 0 Å². The van der Waals surface area contributed by atoms with E-state index in [4.69, 9.17) is 0 Å². The summed E-state index contributed by atoms with van der Waals surface area (Å²) in [6.45, 7) is 0. The molecular weight excluding hydrogens is 318 g/mol. The summed E-state index contributed by atoms with van der Waals surface area (Å²) in [5.41, 5.74) is 1.01. The minimum Gasteiger partial charge on any atom is -0.296 e. The summed E-state index contributed by atoms with van der Waals surface area (Å²) in [6, 6.07) is 7.86. The summed E-state index contributed by atoms with van der Waals surface area (Å²) in [5, 5.41) is 2.51. The molecule has 1 aliphatic heterocycles. The Morgan fingerprint density at radius 3 is 2.50 bits per heavy atom. The van der Waals surface area contributed by atoms with Gasteiger partial charge in [0, 0.05) is 10.9 Å². The average molecular weight is 336 g/mol. The Morgan fingerprint density at radius 2 is 1.80 bits per heavy atom. The molecule has 2 atom stereocenters. The van der Waals surface area contributed by atoms with Crippen LogP contribution < -0.4 is 5.32 Å². The molecule has 1 aromatic carbocycles. The monoisotopic (exact) mass is 335 g/mol. The number of benzene rings is 1. The van der Waals surface area contributed by atoms with E-state index in [-0.39, 0.29) is 23.7 Å². The van der Waals surface area contributed by atoms with Crippen molar-refractivity contribution in [3.8, 4) is 0 Å². The minimum absolute atomic E-state index is 0.116. The van der Waals surface area contributed by atoms with E-state index in [0.717, 1.165) is 22.9 Å². The van der Waals surface area contributed by atoms with E-state index in [1.165, 1.54) is 12.8 Å². The predicted molar refractivity (Wildman–Crippen MR) is 80.1 cm³/mol. The van der Waals surface area contributed by atoms with Crippen molar-refractivity contribution in [2.45, 2.75) is 38.0 Å². The molecule has 1 heterocycles. The summed E-state index contributed by atoms with van der Waals surface area (Å²) < 4.78 is 0.956. The van der Waals surface area contributed by atoms with Crippen LogP contribution in [-0.4, -0.2) is 11.8 Å². The molecule has 2 unspecified atom stereocenters. The standard InChI is InChI=1S/C16H18BrNO2/c17-13-8-4-3-7-11(13)15-12(10-5-1-2-6-10)9-14(19)18-16(15)20/h3-4,7-8,10,12,15H,1-2,5-6,9H2,(H,18,19,20). The third kappa shape index (κ3) is 2.53. The van der Waals surface area contributed by atoms with Gasteiger partial charge in [0.05, 0.1) is 5.92 Å². The lowest BCUT2D eigenvalue weighted by molar-refractivity contribution is -0.137. The van der Waals surface area contributed by atoms with Crippen LogP contribution in [0.3, 0.4) is 0 Å². The lowest BCUT2D eigenvalue weighted by Gasteiger charge is -2.34. The van der Waals surface area contributed by atoms with Gasteiger partial charge in [0.1, 0.15) is 0 Å². The molecule has 2 aliphatic rings. The highest BCUT2D eigenvalue weighted by molar-refractivity contribution is 9.10. The topological polar surface area (TPSA) is 46.2 Å². The molecule has 4 heteroatoms. The van der Waals surface area contributed by atoms with Crippen LogP contribution >= 0.6 is 15.9 Å². The van der Waals surface area contributed by atoms with Gasteiger partial charge in [-0.15, -0.1) is 0 Å². The molecule has 1 aromatic rings. The van der Waals surface area contributed by atoms with Gasteiger partial charge in [-0.2, -0.15) is 0 Å². The first-order valence-electron chi connectivity index (χ1n) is 7.25. The number of rotatable bonds is 2. The zero-order valence-electron chi connectivity index (χ0n) is 11.3. The summed E-state index contributed by atoms with van der Waals surface area (Å²) in [4.78, 5) is 24.1. The Bertz CT molecular complexity index is 537. The zero-order chi connectivity index (χ0) is 14.1. The fourth-order valence-electron chi connectivity index (χ4n) is 3.72. The van der Waals surface area contributed by atoms with E-state index in [9.17, 15) is 9.59 Å². The SMILES string of the molecule is O=C1CC(C2CCCC2)C(c2ccccc2Br)C(=O)N1. The van der Waals surface area contributed by atoms with Gasteiger partial charge in [0.2, 0.25) is 11.8 Å². The molecule has 2 amide bonds. The molecule has 106 valence electrons. The Labute approximate surface area is 127 Å². The average Bonchev–Trinajstić information content (AvgIpc) is 2.93. The van der Waals surface area contributed by atoms with Gasteiger partial charge in [-0.05, 0) is 23.5 Å². The molecule has 20 heavy (non-hydrogen) atoms. The van der Waals surface area contributed by atoms with Crippen molar-refractivity contribution in [1.82, 2.24) is 5.32 Å². The summed E-state index contributed by atoms with van der Waals surface area (Å²) in [7, 11) is 0. The lowest BCUT2D eigenvalue weighted by Crippen LogP contribution is -2.46. The van der Waals surface area contributed by atoms with Crippen molar-refractivity contribution in [3.05, 3.63) is 34.3 Å². The molecular formula is C16H18BrNO2. The molecule has 1 N–H and O–H groups in total. The first kappa shape index (κ1) is 13.8. The molecule has 0 aromatic heterocycles. The van der Waals surface area contributed by atoms with Crippen molar-refractivity contribution in [2.75, 3.05) is 0 Å². The summed E-state index contributed by atoms with van der Waals surface area (Å²) in [5.74, 6) is 0.200. The molecule has 3 nitrogen and oxygen atoms in total. The first-order valence-corrected chi connectivity index (χ1v) is 8.04. The van der Waals surface area contributed by atoms with E-state index in [1.807, 2.05) is 24.3 Å². The van der Waals surface area contributed by atoms with Gasteiger partial charge in [-0.1, -0.05) is 59.8 Å². The Morgan fingerprint density at radius 1 is 1.10 bits per heavy atom. The van der Waals surface area contributed by atoms with Gasteiger partial charge >= 0.3 is 0 Å². The van der Waals surface area contributed by atoms with Crippen molar-refractivity contribution < 1.29 is 9.59 Å². The second kappa shape index (κ2) is 5.68. The van der Waals surface area contributed by atoms with Gasteiger partial charge in [0.15, 0.2) is 0 Å². The molecule has 1 saturated carbocycles. The van der Waals surface area contributed by atoms with E-state index in [1.54, 1.807) is 0 Å². The number of amides is 2. The number of hydrogen-bond donors (Lipinski definition) is 1. The van der Waals surface area contributed by atoms with Crippen molar-refractivity contribution in [1.29, 1.82) is 0 Å². The van der Waals surface area contributed by atoms with Crippen LogP contribution in [0.5, 0.6) is 0 Å². The molecule has 0 spiro atoms. The molecule has 0 radical (unpaired) electrons. The molecule has 3 rings (SSSR count). The summed E-state index contributed by atoms with van der Waals surface area (Å²) >= 11 is 3.55. The maximum atomic E-state index is 12.4. The molecule has 2 fully saturated rings. The van der Waals surface area contributed by atoms with E-state index >= 15 is 0 Å². The summed E-state index contributed by atoms with van der Waals surface area (Å²) in [6.07, 6.45) is 5.21. The number of carbonyl (C=O) groups excluding carboxylic acids is 2. The quantitative estimate of drug-likeness (QED) is 0.842. The molecule has 1 saturated heterocycles. The van der Waals surface area contributed by atoms with Crippen molar-refractivity contribution in [2.24, 2.45) is 11.8 Å². The van der Waals surface area contributed by atoms with Crippen molar-refractivity contribution in [3.63, 3.8) is 0 Å². The highest BCUT2D eigenvalue weighted by Gasteiger charge is 2.42. The minimum atomic E-state index is -0.202. The second-order valence-corrected chi connectivity index (χ2v) is 6.68. The van der Waals surface area contributed by atoms with Crippen LogP contribution in [0.15, 0.2) is 28.7 Å². The smallest absolute Gasteiger partial charge is 0.234 e. The Balaban J connectivity index is 1.97. The van der Waals surface area contributed by atoms with Gasteiger partial charge in [-0.3, -0.25) is 14.9 Å². The van der Waals surface area contributed by atoms with Crippen molar-refractivity contribution >= 4 is 27.7 Å². The highest BCUT2D eigenvalue weighted by Crippen LogP contribution is 2.44. The van der Waals surface area contributed by atoms with Crippen LogP contribution in [0.25, 0.3) is 0 Å². The highest BCUT2D eigenvalue weighted by atomic mass is 79.9. The number of imide groups is 1. The number of hydrogen-bond acceptors (Lipinski definition) is 2. The fourth-order valence-corrected chi connectivity index (χ4v) is 4.25. The number of nitrogens with one attached hydrogen (secondary N) is 1. The van der Waals surface area contributed by atoms with Crippen LogP contribution in [0.1, 0.15) is 43.6 Å². The normalized spacial score (nSPS) is 27.6. The van der Waals surface area contributed by atoms with Crippen LogP contribution in [-0.2, 0) is 9.59 Å². The number of halogens is 1. The fraction of sp³-hybridized carbons (Fsp3) is 0.500.